The quantitative estimate of drug-likeness (QED) is 0.857. The fourth-order valence-electron chi connectivity index (χ4n) is 2.48. The van der Waals surface area contributed by atoms with Crippen LogP contribution in [0.4, 0.5) is 0 Å². The van der Waals surface area contributed by atoms with Gasteiger partial charge in [0.2, 0.25) is 0 Å². The van der Waals surface area contributed by atoms with E-state index < -0.39 is 0 Å². The van der Waals surface area contributed by atoms with E-state index in [1.165, 1.54) is 23.9 Å². The summed E-state index contributed by atoms with van der Waals surface area (Å²) in [4.78, 5) is 2.50. The van der Waals surface area contributed by atoms with E-state index in [4.69, 9.17) is 4.42 Å². The lowest BCUT2D eigenvalue weighted by Crippen LogP contribution is -2.27. The van der Waals surface area contributed by atoms with E-state index in [0.717, 1.165) is 31.8 Å². The lowest BCUT2D eigenvalue weighted by molar-refractivity contribution is 0.284. The van der Waals surface area contributed by atoms with Crippen LogP contribution in [0.2, 0.25) is 0 Å². The van der Waals surface area contributed by atoms with Gasteiger partial charge in [-0.3, -0.25) is 4.90 Å². The van der Waals surface area contributed by atoms with Crippen LogP contribution in [0.1, 0.15) is 12.0 Å². The van der Waals surface area contributed by atoms with Crippen LogP contribution in [0.15, 0.2) is 34.9 Å². The maximum Gasteiger partial charge on any atom is 0.138 e. The van der Waals surface area contributed by atoms with Gasteiger partial charge in [0, 0.05) is 30.6 Å². The number of hydrogen-bond acceptors (Lipinski definition) is 3. The standard InChI is InChI=1S/C14H18N2O/c1-3-12-5-10-17-14(12)13(4-1)11-16-8-2-6-15-7-9-16/h1,3-5,10,15H,2,6-9,11H2. The molecule has 1 aromatic heterocycles. The van der Waals surface area contributed by atoms with Gasteiger partial charge in [0.05, 0.1) is 6.26 Å². The minimum Gasteiger partial charge on any atom is -0.464 e. The molecule has 1 aliphatic heterocycles. The van der Waals surface area contributed by atoms with Crippen LogP contribution in [0.5, 0.6) is 0 Å². The topological polar surface area (TPSA) is 28.4 Å². The molecule has 1 aromatic carbocycles. The van der Waals surface area contributed by atoms with Crippen molar-refractivity contribution in [3.63, 3.8) is 0 Å². The largest absolute Gasteiger partial charge is 0.464 e. The van der Waals surface area contributed by atoms with Crippen molar-refractivity contribution in [2.75, 3.05) is 26.2 Å². The molecule has 0 unspecified atom stereocenters. The average Bonchev–Trinajstić information content (AvgIpc) is 2.69. The molecule has 2 aromatic rings. The first kappa shape index (κ1) is 10.8. The lowest BCUT2D eigenvalue weighted by Gasteiger charge is -2.19. The molecule has 1 aliphatic rings. The highest BCUT2D eigenvalue weighted by molar-refractivity contribution is 5.80. The normalized spacial score (nSPS) is 18.4. The van der Waals surface area contributed by atoms with Crippen LogP contribution in [0.3, 0.4) is 0 Å². The van der Waals surface area contributed by atoms with Gasteiger partial charge in [0.25, 0.3) is 0 Å². The molecule has 0 amide bonds. The molecule has 0 saturated carbocycles. The van der Waals surface area contributed by atoms with E-state index in [1.54, 1.807) is 6.26 Å². The number of rotatable bonds is 2. The number of nitrogens with one attached hydrogen (secondary N) is 1. The van der Waals surface area contributed by atoms with Crippen LogP contribution in [0, 0.1) is 0 Å². The van der Waals surface area contributed by atoms with E-state index >= 15 is 0 Å². The Morgan fingerprint density at radius 3 is 3.18 bits per heavy atom. The Bertz CT molecular complexity index is 484. The lowest BCUT2D eigenvalue weighted by atomic mass is 10.1. The first-order chi connectivity index (χ1) is 8.43. The Morgan fingerprint density at radius 2 is 2.18 bits per heavy atom. The molecule has 3 rings (SSSR count). The van der Waals surface area contributed by atoms with Gasteiger partial charge in [-0.05, 0) is 25.6 Å². The van der Waals surface area contributed by atoms with E-state index in [9.17, 15) is 0 Å². The summed E-state index contributed by atoms with van der Waals surface area (Å²) in [5.74, 6) is 0. The highest BCUT2D eigenvalue weighted by Crippen LogP contribution is 2.21. The number of fused-ring (bicyclic) bond motifs is 1. The van der Waals surface area contributed by atoms with E-state index in [1.807, 2.05) is 6.07 Å². The van der Waals surface area contributed by atoms with Crippen LogP contribution in [0.25, 0.3) is 11.0 Å². The fraction of sp³-hybridized carbons (Fsp3) is 0.429. The molecule has 3 heteroatoms. The molecule has 1 N–H and O–H groups in total. The molecule has 0 aliphatic carbocycles. The second kappa shape index (κ2) is 4.90. The highest BCUT2D eigenvalue weighted by Gasteiger charge is 2.11. The molecule has 90 valence electrons. The zero-order valence-corrected chi connectivity index (χ0v) is 9.98. The second-order valence-electron chi connectivity index (χ2n) is 4.64. The highest BCUT2D eigenvalue weighted by atomic mass is 16.3. The number of hydrogen-bond donors (Lipinski definition) is 1. The first-order valence-electron chi connectivity index (χ1n) is 6.32. The zero-order chi connectivity index (χ0) is 11.5. The number of benzene rings is 1. The number of nitrogens with zero attached hydrogens (tertiary/aromatic N) is 1. The van der Waals surface area contributed by atoms with Crippen molar-refractivity contribution in [2.45, 2.75) is 13.0 Å². The van der Waals surface area contributed by atoms with Crippen molar-refractivity contribution in [3.8, 4) is 0 Å². The predicted molar refractivity (Wildman–Crippen MR) is 69.0 cm³/mol. The van der Waals surface area contributed by atoms with Crippen molar-refractivity contribution in [3.05, 3.63) is 36.1 Å². The van der Waals surface area contributed by atoms with Gasteiger partial charge in [0.1, 0.15) is 5.58 Å². The summed E-state index contributed by atoms with van der Waals surface area (Å²) in [5.41, 5.74) is 2.35. The van der Waals surface area contributed by atoms with E-state index in [2.05, 4.69) is 28.4 Å². The Morgan fingerprint density at radius 1 is 1.18 bits per heavy atom. The van der Waals surface area contributed by atoms with Gasteiger partial charge >= 0.3 is 0 Å². The number of para-hydroxylation sites is 1. The Balaban J connectivity index is 1.81. The molecule has 0 bridgehead atoms. The molecule has 2 heterocycles. The van der Waals surface area contributed by atoms with Crippen molar-refractivity contribution in [1.82, 2.24) is 10.2 Å². The summed E-state index contributed by atoms with van der Waals surface area (Å²) < 4.78 is 5.58. The SMILES string of the molecule is c1cc(CN2CCCNCC2)c2occc2c1. The van der Waals surface area contributed by atoms with Crippen molar-refractivity contribution in [2.24, 2.45) is 0 Å². The average molecular weight is 230 g/mol. The number of furan rings is 1. The third-order valence-corrected chi connectivity index (χ3v) is 3.39. The zero-order valence-electron chi connectivity index (χ0n) is 9.98. The predicted octanol–water partition coefficient (Wildman–Crippen LogP) is 2.23. The minimum absolute atomic E-state index is 0.993. The molecular formula is C14H18N2O. The van der Waals surface area contributed by atoms with Crippen molar-refractivity contribution < 1.29 is 4.42 Å². The van der Waals surface area contributed by atoms with Crippen molar-refractivity contribution in [1.29, 1.82) is 0 Å². The molecule has 1 fully saturated rings. The van der Waals surface area contributed by atoms with Gasteiger partial charge in [-0.1, -0.05) is 18.2 Å². The summed E-state index contributed by atoms with van der Waals surface area (Å²) >= 11 is 0. The summed E-state index contributed by atoms with van der Waals surface area (Å²) in [6.07, 6.45) is 3.01. The summed E-state index contributed by atoms with van der Waals surface area (Å²) in [5, 5.41) is 4.63. The Kier molecular flexibility index (Phi) is 3.12. The van der Waals surface area contributed by atoms with Gasteiger partial charge in [-0.25, -0.2) is 0 Å². The summed E-state index contributed by atoms with van der Waals surface area (Å²) in [6.45, 7) is 5.52. The van der Waals surface area contributed by atoms with Gasteiger partial charge < -0.3 is 9.73 Å². The van der Waals surface area contributed by atoms with Crippen LogP contribution in [-0.2, 0) is 6.54 Å². The molecule has 0 radical (unpaired) electrons. The van der Waals surface area contributed by atoms with Crippen molar-refractivity contribution >= 4 is 11.0 Å². The summed E-state index contributed by atoms with van der Waals surface area (Å²) in [6, 6.07) is 8.42. The first-order valence-corrected chi connectivity index (χ1v) is 6.32. The Labute approximate surface area is 101 Å². The van der Waals surface area contributed by atoms with Crippen LogP contribution >= 0.6 is 0 Å². The monoisotopic (exact) mass is 230 g/mol. The van der Waals surface area contributed by atoms with E-state index in [0.29, 0.717) is 0 Å². The fourth-order valence-corrected chi connectivity index (χ4v) is 2.48. The second-order valence-corrected chi connectivity index (χ2v) is 4.64. The maximum absolute atomic E-state index is 5.58. The molecular weight excluding hydrogens is 212 g/mol. The molecule has 0 atom stereocenters. The minimum atomic E-state index is 0.993. The van der Waals surface area contributed by atoms with Crippen LogP contribution in [-0.4, -0.2) is 31.1 Å². The summed E-state index contributed by atoms with van der Waals surface area (Å²) in [7, 11) is 0. The molecule has 0 spiro atoms. The third-order valence-electron chi connectivity index (χ3n) is 3.39. The Hall–Kier alpha value is -1.32. The third kappa shape index (κ3) is 2.35. The van der Waals surface area contributed by atoms with E-state index in [-0.39, 0.29) is 0 Å². The molecule has 3 nitrogen and oxygen atoms in total. The van der Waals surface area contributed by atoms with Crippen LogP contribution < -0.4 is 5.32 Å². The molecule has 17 heavy (non-hydrogen) atoms. The van der Waals surface area contributed by atoms with Gasteiger partial charge in [0.15, 0.2) is 0 Å². The maximum atomic E-state index is 5.58. The van der Waals surface area contributed by atoms with Gasteiger partial charge in [-0.2, -0.15) is 0 Å². The smallest absolute Gasteiger partial charge is 0.138 e. The molecule has 1 saturated heterocycles. The van der Waals surface area contributed by atoms with Gasteiger partial charge in [-0.15, -0.1) is 0 Å².